The summed E-state index contributed by atoms with van der Waals surface area (Å²) in [6, 6.07) is 23.7. The molecule has 0 atom stereocenters. The fourth-order valence-corrected chi connectivity index (χ4v) is 4.09. The molecule has 0 aliphatic heterocycles. The number of halogens is 1. The van der Waals surface area contributed by atoms with Crippen LogP contribution >= 0.6 is 11.6 Å². The van der Waals surface area contributed by atoms with Crippen molar-refractivity contribution in [3.8, 4) is 28.2 Å². The van der Waals surface area contributed by atoms with Gasteiger partial charge in [0, 0.05) is 16.1 Å². The first-order valence-electron chi connectivity index (χ1n) is 8.89. The summed E-state index contributed by atoms with van der Waals surface area (Å²) in [4.78, 5) is 0.0144. The van der Waals surface area contributed by atoms with E-state index in [4.69, 9.17) is 21.8 Å². The lowest BCUT2D eigenvalue weighted by molar-refractivity contribution is 0.596. The van der Waals surface area contributed by atoms with Crippen molar-refractivity contribution in [2.45, 2.75) is 11.8 Å². The van der Waals surface area contributed by atoms with Crippen LogP contribution in [-0.4, -0.2) is 18.2 Å². The summed E-state index contributed by atoms with van der Waals surface area (Å²) in [6.07, 6.45) is 0. The van der Waals surface area contributed by atoms with E-state index in [2.05, 4.69) is 0 Å². The molecule has 0 spiro atoms. The normalized spacial score (nSPS) is 11.6. The minimum Gasteiger partial charge on any atom is -0.231 e. The second-order valence-electron chi connectivity index (χ2n) is 6.66. The van der Waals surface area contributed by atoms with Crippen molar-refractivity contribution in [2.24, 2.45) is 5.14 Å². The van der Waals surface area contributed by atoms with E-state index in [-0.39, 0.29) is 4.90 Å². The molecule has 29 heavy (non-hydrogen) atoms. The van der Waals surface area contributed by atoms with E-state index < -0.39 is 10.0 Å². The molecule has 0 saturated carbocycles. The van der Waals surface area contributed by atoms with Crippen molar-refractivity contribution < 1.29 is 8.42 Å². The number of aromatic nitrogens is 2. The zero-order chi connectivity index (χ0) is 20.6. The van der Waals surface area contributed by atoms with Crippen LogP contribution in [0.15, 0.2) is 83.8 Å². The van der Waals surface area contributed by atoms with E-state index >= 15 is 0 Å². The van der Waals surface area contributed by atoms with E-state index in [1.165, 1.54) is 6.07 Å². The van der Waals surface area contributed by atoms with Crippen LogP contribution in [0, 0.1) is 6.92 Å². The van der Waals surface area contributed by atoms with E-state index in [0.29, 0.717) is 16.4 Å². The van der Waals surface area contributed by atoms with Gasteiger partial charge in [0.25, 0.3) is 0 Å². The molecule has 0 aliphatic rings. The van der Waals surface area contributed by atoms with E-state index in [9.17, 15) is 8.42 Å². The van der Waals surface area contributed by atoms with Crippen LogP contribution in [0.3, 0.4) is 0 Å². The quantitative estimate of drug-likeness (QED) is 0.511. The molecule has 0 fully saturated rings. The molecule has 7 heteroatoms. The molecule has 4 aromatic rings. The molecular formula is C22H18ClN3O2S. The minimum absolute atomic E-state index is 0.0144. The van der Waals surface area contributed by atoms with Crippen molar-refractivity contribution in [1.29, 1.82) is 0 Å². The highest BCUT2D eigenvalue weighted by atomic mass is 35.5. The first kappa shape index (κ1) is 19.4. The van der Waals surface area contributed by atoms with Crippen LogP contribution in [0.1, 0.15) is 5.56 Å². The smallest absolute Gasteiger partial charge is 0.231 e. The lowest BCUT2D eigenvalue weighted by Crippen LogP contribution is -2.16. The van der Waals surface area contributed by atoms with Crippen LogP contribution in [0.25, 0.3) is 28.2 Å². The zero-order valence-electron chi connectivity index (χ0n) is 15.6. The van der Waals surface area contributed by atoms with Gasteiger partial charge in [-0.2, -0.15) is 5.10 Å². The van der Waals surface area contributed by atoms with Crippen LogP contribution in [-0.2, 0) is 10.0 Å². The summed E-state index contributed by atoms with van der Waals surface area (Å²) in [5.41, 5.74) is 4.73. The number of hydrogen-bond donors (Lipinski definition) is 1. The van der Waals surface area contributed by atoms with Gasteiger partial charge in [-0.3, -0.25) is 0 Å². The molecule has 0 aliphatic carbocycles. The predicted octanol–water partition coefficient (Wildman–Crippen LogP) is 4.82. The first-order chi connectivity index (χ1) is 13.8. The van der Waals surface area contributed by atoms with Crippen LogP contribution < -0.4 is 5.14 Å². The van der Waals surface area contributed by atoms with E-state index in [0.717, 1.165) is 22.4 Å². The summed E-state index contributed by atoms with van der Waals surface area (Å²) in [6.45, 7) is 2.00. The molecular weight excluding hydrogens is 406 g/mol. The molecule has 4 rings (SSSR count). The third kappa shape index (κ3) is 3.82. The molecule has 5 nitrogen and oxygen atoms in total. The average Bonchev–Trinajstić information content (AvgIpc) is 3.13. The minimum atomic E-state index is -3.93. The third-order valence-corrected chi connectivity index (χ3v) is 5.88. The molecule has 0 unspecified atom stereocenters. The highest BCUT2D eigenvalue weighted by molar-refractivity contribution is 7.89. The zero-order valence-corrected chi connectivity index (χ0v) is 17.2. The second-order valence-corrected chi connectivity index (χ2v) is 8.63. The number of aryl methyl sites for hydroxylation is 1. The number of hydrogen-bond acceptors (Lipinski definition) is 3. The van der Waals surface area contributed by atoms with Gasteiger partial charge in [0.05, 0.1) is 17.1 Å². The van der Waals surface area contributed by atoms with Gasteiger partial charge in [-0.1, -0.05) is 60.1 Å². The Bertz CT molecular complexity index is 1300. The Morgan fingerprint density at radius 3 is 2.28 bits per heavy atom. The Balaban J connectivity index is 2.01. The van der Waals surface area contributed by atoms with E-state index in [1.54, 1.807) is 35.0 Å². The molecule has 1 aromatic heterocycles. The SMILES string of the molecule is Cc1ccccc1-c1cc(-c2ccc(Cl)cc2)nn1-c1ccccc1S(N)(=O)=O. The van der Waals surface area contributed by atoms with Gasteiger partial charge in [0.1, 0.15) is 4.90 Å². The molecule has 0 radical (unpaired) electrons. The summed E-state index contributed by atoms with van der Waals surface area (Å²) < 4.78 is 26.0. The molecule has 0 amide bonds. The number of rotatable bonds is 4. The fourth-order valence-electron chi connectivity index (χ4n) is 3.25. The summed E-state index contributed by atoms with van der Waals surface area (Å²) >= 11 is 6.01. The highest BCUT2D eigenvalue weighted by Crippen LogP contribution is 2.32. The van der Waals surface area contributed by atoms with Gasteiger partial charge in [-0.05, 0) is 42.8 Å². The summed E-state index contributed by atoms with van der Waals surface area (Å²) in [7, 11) is -3.93. The predicted molar refractivity (Wildman–Crippen MR) is 116 cm³/mol. The maximum absolute atomic E-state index is 12.2. The van der Waals surface area contributed by atoms with Crippen molar-refractivity contribution in [3.05, 3.63) is 89.4 Å². The van der Waals surface area contributed by atoms with Crippen LogP contribution in [0.2, 0.25) is 5.02 Å². The van der Waals surface area contributed by atoms with Crippen LogP contribution in [0.4, 0.5) is 0 Å². The van der Waals surface area contributed by atoms with Gasteiger partial charge in [-0.15, -0.1) is 0 Å². The third-order valence-electron chi connectivity index (χ3n) is 4.67. The topological polar surface area (TPSA) is 78.0 Å². The molecule has 0 saturated heterocycles. The maximum Gasteiger partial charge on any atom is 0.240 e. The van der Waals surface area contributed by atoms with Gasteiger partial charge in [0.15, 0.2) is 0 Å². The molecule has 146 valence electrons. The fraction of sp³-hybridized carbons (Fsp3) is 0.0455. The van der Waals surface area contributed by atoms with Gasteiger partial charge >= 0.3 is 0 Å². The monoisotopic (exact) mass is 423 g/mol. The Kier molecular flexibility index (Phi) is 5.00. The standard InChI is InChI=1S/C22H18ClN3O2S/c1-15-6-2-3-7-18(15)21-14-19(16-10-12-17(23)13-11-16)25-26(21)20-8-4-5-9-22(20)29(24,27)28/h2-14H,1H3,(H2,24,27,28). The average molecular weight is 424 g/mol. The van der Waals surface area contributed by atoms with Gasteiger partial charge in [-0.25, -0.2) is 18.2 Å². The summed E-state index contributed by atoms with van der Waals surface area (Å²) in [5, 5.41) is 10.8. The lowest BCUT2D eigenvalue weighted by Gasteiger charge is -2.12. The molecule has 3 aromatic carbocycles. The Hall–Kier alpha value is -2.93. The second kappa shape index (κ2) is 7.48. The number of nitrogens with zero attached hydrogens (tertiary/aromatic N) is 2. The molecule has 0 bridgehead atoms. The number of nitrogens with two attached hydrogens (primary N) is 1. The lowest BCUT2D eigenvalue weighted by atomic mass is 10.0. The number of primary sulfonamides is 1. The Labute approximate surface area is 174 Å². The molecule has 2 N–H and O–H groups in total. The van der Waals surface area contributed by atoms with Gasteiger partial charge in [0.2, 0.25) is 10.0 Å². The highest BCUT2D eigenvalue weighted by Gasteiger charge is 2.20. The van der Waals surface area contributed by atoms with Crippen molar-refractivity contribution in [3.63, 3.8) is 0 Å². The Morgan fingerprint density at radius 1 is 0.931 bits per heavy atom. The number of benzene rings is 3. The van der Waals surface area contributed by atoms with Crippen LogP contribution in [0.5, 0.6) is 0 Å². The largest absolute Gasteiger partial charge is 0.240 e. The molecule has 1 heterocycles. The number of sulfonamides is 1. The maximum atomic E-state index is 12.2. The van der Waals surface area contributed by atoms with Crippen molar-refractivity contribution in [2.75, 3.05) is 0 Å². The number of para-hydroxylation sites is 1. The Morgan fingerprint density at radius 2 is 1.59 bits per heavy atom. The summed E-state index contributed by atoms with van der Waals surface area (Å²) in [5.74, 6) is 0. The van der Waals surface area contributed by atoms with Crippen molar-refractivity contribution >= 4 is 21.6 Å². The van der Waals surface area contributed by atoms with Gasteiger partial charge < -0.3 is 0 Å². The first-order valence-corrected chi connectivity index (χ1v) is 10.8. The van der Waals surface area contributed by atoms with E-state index in [1.807, 2.05) is 49.4 Å². The van der Waals surface area contributed by atoms with Crippen molar-refractivity contribution in [1.82, 2.24) is 9.78 Å².